The summed E-state index contributed by atoms with van der Waals surface area (Å²) < 4.78 is 27.7. The number of aromatic nitrogens is 3. The highest BCUT2D eigenvalue weighted by Crippen LogP contribution is 2.10. The van der Waals surface area contributed by atoms with E-state index in [2.05, 4.69) is 30.5 Å². The van der Waals surface area contributed by atoms with Gasteiger partial charge in [0, 0.05) is 19.8 Å². The summed E-state index contributed by atoms with van der Waals surface area (Å²) in [7, 11) is -0.356. The molecule has 0 bridgehead atoms. The molecule has 0 amide bonds. The van der Waals surface area contributed by atoms with Crippen molar-refractivity contribution in [1.82, 2.24) is 30.0 Å². The summed E-state index contributed by atoms with van der Waals surface area (Å²) in [6, 6.07) is 12.4. The van der Waals surface area contributed by atoms with Gasteiger partial charge in [-0.05, 0) is 36.9 Å². The van der Waals surface area contributed by atoms with Gasteiger partial charge < -0.3 is 10.6 Å². The molecular weight excluding hydrogens is 366 g/mol. The summed E-state index contributed by atoms with van der Waals surface area (Å²) in [5.74, 6) is 1.38. The van der Waals surface area contributed by atoms with Gasteiger partial charge in [0.2, 0.25) is 10.0 Å². The molecule has 0 saturated heterocycles. The van der Waals surface area contributed by atoms with E-state index in [-0.39, 0.29) is 4.90 Å². The summed E-state index contributed by atoms with van der Waals surface area (Å²) in [5.41, 5.74) is 1.72. The zero-order valence-corrected chi connectivity index (χ0v) is 15.9. The Hall–Kier alpha value is -2.98. The van der Waals surface area contributed by atoms with Gasteiger partial charge in [-0.2, -0.15) is 0 Å². The lowest BCUT2D eigenvalue weighted by atomic mass is 10.2. The molecule has 1 aromatic carbocycles. The largest absolute Gasteiger partial charge is 0.352 e. The van der Waals surface area contributed by atoms with Crippen molar-refractivity contribution in [2.24, 2.45) is 4.99 Å². The van der Waals surface area contributed by atoms with Crippen LogP contribution in [0.2, 0.25) is 0 Å². The van der Waals surface area contributed by atoms with Crippen molar-refractivity contribution in [1.29, 1.82) is 0 Å². The van der Waals surface area contributed by atoms with Crippen molar-refractivity contribution in [3.8, 4) is 0 Å². The molecule has 9 nitrogen and oxygen atoms in total. The predicted octanol–water partition coefficient (Wildman–Crippen LogP) is 0.503. The van der Waals surface area contributed by atoms with Crippen molar-refractivity contribution in [2.75, 3.05) is 14.1 Å². The van der Waals surface area contributed by atoms with E-state index in [9.17, 15) is 8.42 Å². The van der Waals surface area contributed by atoms with Crippen molar-refractivity contribution in [2.45, 2.75) is 18.0 Å². The van der Waals surface area contributed by atoms with E-state index in [1.54, 1.807) is 31.3 Å². The number of hydrogen-bond acceptors (Lipinski definition) is 5. The maximum Gasteiger partial charge on any atom is 0.240 e. The van der Waals surface area contributed by atoms with Crippen molar-refractivity contribution in [3.63, 3.8) is 0 Å². The number of benzene rings is 1. The van der Waals surface area contributed by atoms with Gasteiger partial charge >= 0.3 is 0 Å². The van der Waals surface area contributed by atoms with E-state index >= 15 is 0 Å². The molecule has 0 saturated carbocycles. The Labute approximate surface area is 157 Å². The summed E-state index contributed by atoms with van der Waals surface area (Å²) in [6.07, 6.45) is 1.91. The number of aliphatic imine (C=N–C) groups is 1. The zero-order chi connectivity index (χ0) is 19.3. The third kappa shape index (κ3) is 4.41. The van der Waals surface area contributed by atoms with Crippen molar-refractivity contribution >= 4 is 21.6 Å². The lowest BCUT2D eigenvalue weighted by molar-refractivity contribution is 0.588. The van der Waals surface area contributed by atoms with Crippen LogP contribution < -0.4 is 15.4 Å². The summed E-state index contributed by atoms with van der Waals surface area (Å²) in [6.45, 7) is 0.963. The quantitative estimate of drug-likeness (QED) is 0.419. The molecule has 0 spiro atoms. The average Bonchev–Trinajstić information content (AvgIpc) is 3.12. The summed E-state index contributed by atoms with van der Waals surface area (Å²) in [4.78, 5) is 4.42. The molecular formula is C17H21N7O2S. The Morgan fingerprint density at radius 3 is 2.52 bits per heavy atom. The molecule has 0 aliphatic heterocycles. The standard InChI is InChI=1S/C17H21N7O2S/c1-18-17(21-12-16-23-22-15-5-3-4-10-24(15)16)20-11-13-6-8-14(9-7-13)27(25,26)19-2/h3-10,19H,11-12H2,1-2H3,(H2,18,20,21). The lowest BCUT2D eigenvalue weighted by Gasteiger charge is -2.11. The summed E-state index contributed by atoms with van der Waals surface area (Å²) in [5, 5.41) is 14.6. The third-order valence-corrected chi connectivity index (χ3v) is 5.41. The minimum Gasteiger partial charge on any atom is -0.352 e. The molecule has 3 aromatic rings. The molecule has 3 N–H and O–H groups in total. The Balaban J connectivity index is 1.58. The first-order chi connectivity index (χ1) is 13.0. The van der Waals surface area contributed by atoms with Gasteiger partial charge in [-0.3, -0.25) is 9.39 Å². The van der Waals surface area contributed by atoms with E-state index in [1.807, 2.05) is 28.8 Å². The maximum atomic E-state index is 11.7. The van der Waals surface area contributed by atoms with Gasteiger partial charge in [0.15, 0.2) is 17.4 Å². The Kier molecular flexibility index (Phi) is 5.67. The Bertz CT molecular complexity index is 1040. The highest BCUT2D eigenvalue weighted by atomic mass is 32.2. The maximum absolute atomic E-state index is 11.7. The fourth-order valence-corrected chi connectivity index (χ4v) is 3.22. The fraction of sp³-hybridized carbons (Fsp3) is 0.235. The third-order valence-electron chi connectivity index (χ3n) is 3.98. The van der Waals surface area contributed by atoms with Crippen LogP contribution in [0.5, 0.6) is 0 Å². The number of nitrogens with one attached hydrogen (secondary N) is 3. The highest BCUT2D eigenvalue weighted by molar-refractivity contribution is 7.89. The van der Waals surface area contributed by atoms with E-state index in [0.29, 0.717) is 19.0 Å². The van der Waals surface area contributed by atoms with Gasteiger partial charge in [-0.25, -0.2) is 13.1 Å². The van der Waals surface area contributed by atoms with Crippen LogP contribution in [0.15, 0.2) is 58.5 Å². The molecule has 27 heavy (non-hydrogen) atoms. The molecule has 0 radical (unpaired) electrons. The first-order valence-electron chi connectivity index (χ1n) is 8.29. The minimum atomic E-state index is -3.42. The number of nitrogens with zero attached hydrogens (tertiary/aromatic N) is 4. The van der Waals surface area contributed by atoms with Crippen LogP contribution in [0.4, 0.5) is 0 Å². The van der Waals surface area contributed by atoms with Gasteiger partial charge in [0.1, 0.15) is 0 Å². The van der Waals surface area contributed by atoms with Crippen LogP contribution in [0.1, 0.15) is 11.4 Å². The van der Waals surface area contributed by atoms with Gasteiger partial charge in [-0.1, -0.05) is 18.2 Å². The van der Waals surface area contributed by atoms with Gasteiger partial charge in [0.25, 0.3) is 0 Å². The van der Waals surface area contributed by atoms with Crippen LogP contribution in [-0.4, -0.2) is 43.1 Å². The monoisotopic (exact) mass is 387 g/mol. The number of guanidine groups is 1. The predicted molar refractivity (Wildman–Crippen MR) is 103 cm³/mol. The topological polar surface area (TPSA) is 113 Å². The van der Waals surface area contributed by atoms with Crippen LogP contribution in [-0.2, 0) is 23.1 Å². The number of hydrogen-bond donors (Lipinski definition) is 3. The molecule has 0 aliphatic rings. The number of rotatable bonds is 6. The average molecular weight is 387 g/mol. The van der Waals surface area contributed by atoms with Gasteiger partial charge in [0.05, 0.1) is 11.4 Å². The van der Waals surface area contributed by atoms with Crippen LogP contribution in [0, 0.1) is 0 Å². The highest BCUT2D eigenvalue weighted by Gasteiger charge is 2.10. The van der Waals surface area contributed by atoms with Crippen LogP contribution >= 0.6 is 0 Å². The number of pyridine rings is 1. The molecule has 3 rings (SSSR count). The Morgan fingerprint density at radius 1 is 1.07 bits per heavy atom. The van der Waals surface area contributed by atoms with E-state index in [4.69, 9.17) is 0 Å². The first kappa shape index (κ1) is 18.8. The number of sulfonamides is 1. The van der Waals surface area contributed by atoms with Crippen LogP contribution in [0.25, 0.3) is 5.65 Å². The molecule has 0 fully saturated rings. The zero-order valence-electron chi connectivity index (χ0n) is 15.0. The molecule has 2 heterocycles. The molecule has 142 valence electrons. The number of fused-ring (bicyclic) bond motifs is 1. The lowest BCUT2D eigenvalue weighted by Crippen LogP contribution is -2.36. The Morgan fingerprint density at radius 2 is 1.81 bits per heavy atom. The van der Waals surface area contributed by atoms with Crippen molar-refractivity contribution < 1.29 is 8.42 Å². The van der Waals surface area contributed by atoms with E-state index in [1.165, 1.54) is 7.05 Å². The molecule has 0 unspecified atom stereocenters. The fourth-order valence-electron chi connectivity index (χ4n) is 2.48. The second-order valence-corrected chi connectivity index (χ2v) is 7.56. The second kappa shape index (κ2) is 8.14. The second-order valence-electron chi connectivity index (χ2n) is 5.68. The molecule has 0 atom stereocenters. The molecule has 2 aromatic heterocycles. The van der Waals surface area contributed by atoms with E-state index < -0.39 is 10.0 Å². The smallest absolute Gasteiger partial charge is 0.240 e. The minimum absolute atomic E-state index is 0.231. The molecule has 0 aliphatic carbocycles. The first-order valence-corrected chi connectivity index (χ1v) is 9.77. The molecule has 10 heteroatoms. The van der Waals surface area contributed by atoms with Crippen LogP contribution in [0.3, 0.4) is 0 Å². The van der Waals surface area contributed by atoms with E-state index in [0.717, 1.165) is 17.0 Å². The SMILES string of the molecule is CN=C(NCc1ccc(S(=O)(=O)NC)cc1)NCc1nnc2ccccn12. The summed E-state index contributed by atoms with van der Waals surface area (Å²) >= 11 is 0. The normalized spacial score (nSPS) is 12.3. The van der Waals surface area contributed by atoms with Gasteiger partial charge in [-0.15, -0.1) is 10.2 Å². The van der Waals surface area contributed by atoms with Crippen molar-refractivity contribution in [3.05, 3.63) is 60.0 Å².